The smallest absolute Gasteiger partial charge is 0.326 e. The number of carbonyl (C=O) groups excluding carboxylic acids is 1. The van der Waals surface area contributed by atoms with E-state index in [1.807, 2.05) is 18.7 Å². The lowest BCUT2D eigenvalue weighted by Crippen LogP contribution is -2.55. The summed E-state index contributed by atoms with van der Waals surface area (Å²) in [6.45, 7) is 6.59. The molecule has 2 amide bonds. The topological polar surface area (TPSA) is 60.9 Å². The molecule has 1 fully saturated rings. The van der Waals surface area contributed by atoms with E-state index in [1.165, 1.54) is 4.90 Å². The molecule has 0 bridgehead atoms. The van der Waals surface area contributed by atoms with Crippen molar-refractivity contribution in [3.8, 4) is 0 Å². The molecule has 18 heavy (non-hydrogen) atoms. The highest BCUT2D eigenvalue weighted by Gasteiger charge is 2.34. The molecule has 1 heterocycles. The van der Waals surface area contributed by atoms with Gasteiger partial charge in [-0.3, -0.25) is 0 Å². The molecule has 0 aromatic rings. The minimum Gasteiger partial charge on any atom is -0.480 e. The van der Waals surface area contributed by atoms with Gasteiger partial charge in [0.1, 0.15) is 6.04 Å². The van der Waals surface area contributed by atoms with E-state index >= 15 is 0 Å². The van der Waals surface area contributed by atoms with Crippen molar-refractivity contribution in [2.45, 2.75) is 44.5 Å². The average molecular weight is 274 g/mol. The standard InChI is InChI=1S/C12H22N2O3S/c1-5-10(11(15)16)13(4)12(17)14-6-7-18-9(3)8(14)2/h8-10H,5-7H2,1-4H3,(H,15,16). The van der Waals surface area contributed by atoms with Crippen molar-refractivity contribution in [1.82, 2.24) is 9.80 Å². The number of hydrogen-bond acceptors (Lipinski definition) is 3. The number of carbonyl (C=O) groups is 2. The number of carboxylic acids is 1. The fourth-order valence-corrected chi connectivity index (χ4v) is 3.25. The minimum absolute atomic E-state index is 0.144. The van der Waals surface area contributed by atoms with Crippen molar-refractivity contribution < 1.29 is 14.7 Å². The van der Waals surface area contributed by atoms with E-state index in [4.69, 9.17) is 5.11 Å². The lowest BCUT2D eigenvalue weighted by Gasteiger charge is -2.40. The van der Waals surface area contributed by atoms with E-state index in [0.717, 1.165) is 5.75 Å². The van der Waals surface area contributed by atoms with Gasteiger partial charge in [0.2, 0.25) is 0 Å². The monoisotopic (exact) mass is 274 g/mol. The Morgan fingerprint density at radius 3 is 2.61 bits per heavy atom. The molecule has 0 aliphatic carbocycles. The van der Waals surface area contributed by atoms with Crippen molar-refractivity contribution in [2.75, 3.05) is 19.3 Å². The average Bonchev–Trinajstić information content (AvgIpc) is 2.32. The molecule has 6 heteroatoms. The van der Waals surface area contributed by atoms with Crippen LogP contribution in [-0.4, -0.2) is 63.6 Å². The third kappa shape index (κ3) is 3.10. The Balaban J connectivity index is 2.76. The number of rotatable bonds is 3. The van der Waals surface area contributed by atoms with Crippen LogP contribution in [0.4, 0.5) is 4.79 Å². The van der Waals surface area contributed by atoms with Gasteiger partial charge in [0.15, 0.2) is 0 Å². The fraction of sp³-hybridized carbons (Fsp3) is 0.833. The summed E-state index contributed by atoms with van der Waals surface area (Å²) in [7, 11) is 1.57. The summed E-state index contributed by atoms with van der Waals surface area (Å²) >= 11 is 1.85. The van der Waals surface area contributed by atoms with Crippen LogP contribution in [0.3, 0.4) is 0 Å². The van der Waals surface area contributed by atoms with Crippen LogP contribution in [-0.2, 0) is 4.79 Å². The summed E-state index contributed by atoms with van der Waals surface area (Å²) in [6, 6.07) is -0.775. The molecule has 0 spiro atoms. The Morgan fingerprint density at radius 1 is 1.50 bits per heavy atom. The predicted molar refractivity (Wildman–Crippen MR) is 73.0 cm³/mol. The first-order valence-corrected chi connectivity index (χ1v) is 7.32. The molecule has 3 atom stereocenters. The van der Waals surface area contributed by atoms with Crippen LogP contribution in [0.5, 0.6) is 0 Å². The SMILES string of the molecule is CCC(C(=O)O)N(C)C(=O)N1CCSC(C)C1C. The molecule has 0 saturated carbocycles. The first-order chi connectivity index (χ1) is 8.40. The molecule has 1 N–H and O–H groups in total. The molecular formula is C12H22N2O3S. The molecule has 1 saturated heterocycles. The lowest BCUT2D eigenvalue weighted by molar-refractivity contribution is -0.142. The predicted octanol–water partition coefficient (Wildman–Crippen LogP) is 1.73. The van der Waals surface area contributed by atoms with Crippen LogP contribution in [0, 0.1) is 0 Å². The largest absolute Gasteiger partial charge is 0.480 e. The maximum atomic E-state index is 12.3. The quantitative estimate of drug-likeness (QED) is 0.851. The van der Waals surface area contributed by atoms with Crippen molar-refractivity contribution in [2.24, 2.45) is 0 Å². The highest BCUT2D eigenvalue weighted by Crippen LogP contribution is 2.25. The second-order valence-corrected chi connectivity index (χ2v) is 6.15. The number of likely N-dealkylation sites (N-methyl/N-ethyl adjacent to an activating group) is 1. The summed E-state index contributed by atoms with van der Waals surface area (Å²) < 4.78 is 0. The highest BCUT2D eigenvalue weighted by atomic mass is 32.2. The molecule has 0 radical (unpaired) electrons. The van der Waals surface area contributed by atoms with Crippen LogP contribution in [0.1, 0.15) is 27.2 Å². The zero-order valence-corrected chi connectivity index (χ0v) is 12.2. The maximum absolute atomic E-state index is 12.3. The van der Waals surface area contributed by atoms with Gasteiger partial charge in [-0.2, -0.15) is 11.8 Å². The normalized spacial score (nSPS) is 25.7. The second-order valence-electron chi connectivity index (χ2n) is 4.67. The summed E-state index contributed by atoms with van der Waals surface area (Å²) in [5, 5.41) is 9.48. The van der Waals surface area contributed by atoms with Gasteiger partial charge in [0.25, 0.3) is 0 Å². The van der Waals surface area contributed by atoms with Crippen molar-refractivity contribution in [3.05, 3.63) is 0 Å². The van der Waals surface area contributed by atoms with E-state index in [-0.39, 0.29) is 12.1 Å². The fourth-order valence-electron chi connectivity index (χ4n) is 2.15. The second kappa shape index (κ2) is 6.31. The van der Waals surface area contributed by atoms with E-state index in [2.05, 4.69) is 6.92 Å². The summed E-state index contributed by atoms with van der Waals surface area (Å²) in [4.78, 5) is 26.6. The van der Waals surface area contributed by atoms with Crippen LogP contribution in [0.25, 0.3) is 0 Å². The Hall–Kier alpha value is -0.910. The van der Waals surface area contributed by atoms with E-state index in [1.54, 1.807) is 18.9 Å². The molecule has 1 aliphatic rings. The summed E-state index contributed by atoms with van der Waals surface area (Å²) in [5.74, 6) is -0.0324. The van der Waals surface area contributed by atoms with E-state index < -0.39 is 12.0 Å². The zero-order valence-electron chi connectivity index (χ0n) is 11.4. The molecule has 0 aromatic heterocycles. The van der Waals surface area contributed by atoms with Gasteiger partial charge >= 0.3 is 12.0 Å². The van der Waals surface area contributed by atoms with Gasteiger partial charge in [-0.25, -0.2) is 9.59 Å². The Labute approximate surface area is 113 Å². The third-order valence-corrected chi connectivity index (χ3v) is 4.91. The van der Waals surface area contributed by atoms with Crippen LogP contribution in [0.15, 0.2) is 0 Å². The highest BCUT2D eigenvalue weighted by molar-refractivity contribution is 8.00. The van der Waals surface area contributed by atoms with Gasteiger partial charge in [-0.1, -0.05) is 13.8 Å². The number of hydrogen-bond donors (Lipinski definition) is 1. The number of nitrogens with zero attached hydrogens (tertiary/aromatic N) is 2. The number of amides is 2. The van der Waals surface area contributed by atoms with Gasteiger partial charge < -0.3 is 14.9 Å². The van der Waals surface area contributed by atoms with Gasteiger partial charge in [-0.15, -0.1) is 0 Å². The van der Waals surface area contributed by atoms with Crippen molar-refractivity contribution in [3.63, 3.8) is 0 Å². The maximum Gasteiger partial charge on any atom is 0.326 e. The van der Waals surface area contributed by atoms with Crippen LogP contribution < -0.4 is 0 Å². The number of aliphatic carboxylic acids is 1. The summed E-state index contributed by atoms with van der Waals surface area (Å²) in [5.41, 5.74) is 0. The van der Waals surface area contributed by atoms with Gasteiger partial charge in [-0.05, 0) is 13.3 Å². The number of urea groups is 1. The van der Waals surface area contributed by atoms with E-state index in [0.29, 0.717) is 18.2 Å². The van der Waals surface area contributed by atoms with Crippen molar-refractivity contribution in [1.29, 1.82) is 0 Å². The Bertz CT molecular complexity index is 324. The summed E-state index contributed by atoms with van der Waals surface area (Å²) in [6.07, 6.45) is 0.421. The Kier molecular flexibility index (Phi) is 5.31. The van der Waals surface area contributed by atoms with Crippen LogP contribution >= 0.6 is 11.8 Å². The first-order valence-electron chi connectivity index (χ1n) is 6.28. The first kappa shape index (κ1) is 15.1. The molecule has 1 aliphatic heterocycles. The molecule has 1 rings (SSSR count). The number of carboxylic acid groups (broad SMARTS) is 1. The number of thioether (sulfide) groups is 1. The van der Waals surface area contributed by atoms with E-state index in [9.17, 15) is 9.59 Å². The van der Waals surface area contributed by atoms with Crippen LogP contribution in [0.2, 0.25) is 0 Å². The lowest BCUT2D eigenvalue weighted by atomic mass is 10.2. The van der Waals surface area contributed by atoms with Crippen molar-refractivity contribution >= 4 is 23.8 Å². The molecule has 3 unspecified atom stereocenters. The molecule has 0 aromatic carbocycles. The molecule has 104 valence electrons. The molecular weight excluding hydrogens is 252 g/mol. The van der Waals surface area contributed by atoms with Gasteiger partial charge in [0.05, 0.1) is 0 Å². The minimum atomic E-state index is -0.944. The molecule has 5 nitrogen and oxygen atoms in total. The third-order valence-electron chi connectivity index (χ3n) is 3.57. The van der Waals surface area contributed by atoms with Gasteiger partial charge in [0, 0.05) is 30.6 Å². The Morgan fingerprint density at radius 2 is 2.11 bits per heavy atom. The zero-order chi connectivity index (χ0) is 13.9.